The van der Waals surface area contributed by atoms with Crippen molar-refractivity contribution in [2.45, 2.75) is 6.92 Å². The standard InChI is InChI=1S/C14H15N5O3/c1-4-22-12-10(6-5-7-11(12)21-3)8-15-18-13-9(2)17-19-14(20)16-13/h5-8H,2,4H2,1,3H3,(H,16,18,20)/b15-8+. The first-order valence-corrected chi connectivity index (χ1v) is 6.48. The zero-order chi connectivity index (χ0) is 15.9. The van der Waals surface area contributed by atoms with Crippen LogP contribution in [0.2, 0.25) is 0 Å². The van der Waals surface area contributed by atoms with E-state index in [-0.39, 0.29) is 11.5 Å². The Morgan fingerprint density at radius 1 is 1.41 bits per heavy atom. The van der Waals surface area contributed by atoms with E-state index in [1.54, 1.807) is 13.2 Å². The minimum absolute atomic E-state index is 0.150. The fourth-order valence-corrected chi connectivity index (χ4v) is 1.68. The average molecular weight is 301 g/mol. The summed E-state index contributed by atoms with van der Waals surface area (Å²) in [5.74, 6) is 1.32. The molecule has 114 valence electrons. The van der Waals surface area contributed by atoms with E-state index in [0.717, 1.165) is 0 Å². The first-order valence-electron chi connectivity index (χ1n) is 6.48. The van der Waals surface area contributed by atoms with Crippen molar-refractivity contribution in [3.63, 3.8) is 0 Å². The fraction of sp³-hybridized carbons (Fsp3) is 0.214. The quantitative estimate of drug-likeness (QED) is 0.668. The summed E-state index contributed by atoms with van der Waals surface area (Å²) >= 11 is 0. The molecule has 0 bridgehead atoms. The molecule has 0 aromatic heterocycles. The third-order valence-corrected chi connectivity index (χ3v) is 2.63. The molecule has 22 heavy (non-hydrogen) atoms. The summed E-state index contributed by atoms with van der Waals surface area (Å²) < 4.78 is 10.8. The van der Waals surface area contributed by atoms with Gasteiger partial charge < -0.3 is 9.47 Å². The lowest BCUT2D eigenvalue weighted by molar-refractivity contribution is 0.251. The number of carbonyl (C=O) groups is 1. The Morgan fingerprint density at radius 3 is 2.95 bits per heavy atom. The van der Waals surface area contributed by atoms with Crippen LogP contribution >= 0.6 is 0 Å². The second kappa shape index (κ2) is 7.11. The van der Waals surface area contributed by atoms with Gasteiger partial charge in [-0.25, -0.2) is 4.79 Å². The third kappa shape index (κ3) is 3.54. The van der Waals surface area contributed by atoms with Gasteiger partial charge in [0.1, 0.15) is 5.70 Å². The van der Waals surface area contributed by atoms with E-state index in [4.69, 9.17) is 9.47 Å². The number of ether oxygens (including phenoxy) is 2. The van der Waals surface area contributed by atoms with E-state index in [1.165, 1.54) is 6.21 Å². The molecule has 8 nitrogen and oxygen atoms in total. The maximum atomic E-state index is 11.1. The molecule has 1 aromatic rings. The highest BCUT2D eigenvalue weighted by Gasteiger charge is 2.14. The molecule has 0 saturated carbocycles. The SMILES string of the molecule is C=C1N=NC(=O)N/C1=N/N=C/c1cccc(OC)c1OCC. The number of methoxy groups -OCH3 is 1. The number of hydrogen-bond acceptors (Lipinski definition) is 6. The molecular formula is C14H15N5O3. The Kier molecular flexibility index (Phi) is 4.97. The smallest absolute Gasteiger partial charge is 0.365 e. The van der Waals surface area contributed by atoms with Crippen molar-refractivity contribution >= 4 is 18.1 Å². The molecule has 1 aliphatic rings. The van der Waals surface area contributed by atoms with Crippen molar-refractivity contribution in [3.05, 3.63) is 36.0 Å². The van der Waals surface area contributed by atoms with Gasteiger partial charge in [0.25, 0.3) is 0 Å². The number of azo groups is 1. The minimum atomic E-state index is -0.613. The summed E-state index contributed by atoms with van der Waals surface area (Å²) in [5, 5.41) is 17.0. The molecule has 1 heterocycles. The Bertz CT molecular complexity index is 679. The van der Waals surface area contributed by atoms with E-state index in [2.05, 4.69) is 32.3 Å². The molecule has 1 N–H and O–H groups in total. The molecule has 0 atom stereocenters. The van der Waals surface area contributed by atoms with E-state index in [0.29, 0.717) is 23.7 Å². The predicted molar refractivity (Wildman–Crippen MR) is 81.7 cm³/mol. The molecule has 0 fully saturated rings. The maximum absolute atomic E-state index is 11.1. The van der Waals surface area contributed by atoms with E-state index < -0.39 is 6.03 Å². The zero-order valence-electron chi connectivity index (χ0n) is 12.2. The number of carbonyl (C=O) groups excluding carboxylic acids is 1. The van der Waals surface area contributed by atoms with Crippen molar-refractivity contribution in [3.8, 4) is 11.5 Å². The minimum Gasteiger partial charge on any atom is -0.493 e. The van der Waals surface area contributed by atoms with Crippen LogP contribution in [0.1, 0.15) is 12.5 Å². The number of hydrogen-bond donors (Lipinski definition) is 1. The average Bonchev–Trinajstić information content (AvgIpc) is 2.52. The number of amidine groups is 1. The molecule has 1 aliphatic heterocycles. The Labute approximate surface area is 127 Å². The van der Waals surface area contributed by atoms with Crippen LogP contribution in [0.3, 0.4) is 0 Å². The van der Waals surface area contributed by atoms with Crippen LogP contribution < -0.4 is 14.8 Å². The highest BCUT2D eigenvalue weighted by atomic mass is 16.5. The molecule has 0 unspecified atom stereocenters. The van der Waals surface area contributed by atoms with Crippen LogP contribution in [0.25, 0.3) is 0 Å². The topological polar surface area (TPSA) is 97.0 Å². The van der Waals surface area contributed by atoms with Crippen LogP contribution in [0.5, 0.6) is 11.5 Å². The summed E-state index contributed by atoms with van der Waals surface area (Å²) in [6.45, 7) is 5.97. The van der Waals surface area contributed by atoms with E-state index >= 15 is 0 Å². The van der Waals surface area contributed by atoms with Crippen LogP contribution in [0, 0.1) is 0 Å². The first-order chi connectivity index (χ1) is 10.7. The largest absolute Gasteiger partial charge is 0.493 e. The molecule has 2 amide bonds. The molecule has 0 radical (unpaired) electrons. The van der Waals surface area contributed by atoms with Crippen molar-refractivity contribution in [2.75, 3.05) is 13.7 Å². The predicted octanol–water partition coefficient (Wildman–Crippen LogP) is 2.52. The number of rotatable bonds is 5. The van der Waals surface area contributed by atoms with E-state index in [1.807, 2.05) is 19.1 Å². The van der Waals surface area contributed by atoms with Gasteiger partial charge >= 0.3 is 6.03 Å². The van der Waals surface area contributed by atoms with E-state index in [9.17, 15) is 4.79 Å². The van der Waals surface area contributed by atoms with Crippen LogP contribution in [-0.4, -0.2) is 31.8 Å². The van der Waals surface area contributed by atoms with Gasteiger partial charge in [-0.05, 0) is 19.1 Å². The molecule has 1 aromatic carbocycles. The number of nitrogens with zero attached hydrogens (tertiary/aromatic N) is 4. The summed E-state index contributed by atoms with van der Waals surface area (Å²) in [5.41, 5.74) is 0.923. The van der Waals surface area contributed by atoms with Gasteiger partial charge in [0.2, 0.25) is 0 Å². The molecule has 0 aliphatic carbocycles. The Hall–Kier alpha value is -3.03. The molecule has 8 heteroatoms. The van der Waals surface area contributed by atoms with Gasteiger partial charge in [-0.3, -0.25) is 5.32 Å². The first kappa shape index (κ1) is 15.4. The second-order valence-electron chi connectivity index (χ2n) is 4.08. The van der Waals surface area contributed by atoms with Crippen LogP contribution in [-0.2, 0) is 0 Å². The third-order valence-electron chi connectivity index (χ3n) is 2.63. The Morgan fingerprint density at radius 2 is 2.23 bits per heavy atom. The molecule has 0 spiro atoms. The second-order valence-corrected chi connectivity index (χ2v) is 4.08. The van der Waals surface area contributed by atoms with Crippen molar-refractivity contribution in [2.24, 2.45) is 20.4 Å². The highest BCUT2D eigenvalue weighted by molar-refractivity contribution is 6.08. The summed E-state index contributed by atoms with van der Waals surface area (Å²) in [4.78, 5) is 11.1. The van der Waals surface area contributed by atoms with Gasteiger partial charge in [0.05, 0.1) is 19.9 Å². The lowest BCUT2D eigenvalue weighted by Crippen LogP contribution is -2.31. The molecule has 2 rings (SSSR count). The fourth-order valence-electron chi connectivity index (χ4n) is 1.68. The number of amides is 2. The van der Waals surface area contributed by atoms with Gasteiger partial charge in [0.15, 0.2) is 17.3 Å². The maximum Gasteiger partial charge on any atom is 0.365 e. The lowest BCUT2D eigenvalue weighted by Gasteiger charge is -2.11. The molecule has 0 saturated heterocycles. The summed E-state index contributed by atoms with van der Waals surface area (Å²) in [6, 6.07) is 4.80. The van der Waals surface area contributed by atoms with Crippen molar-refractivity contribution in [1.82, 2.24) is 5.32 Å². The highest BCUT2D eigenvalue weighted by Crippen LogP contribution is 2.29. The summed E-state index contributed by atoms with van der Waals surface area (Å²) in [6.07, 6.45) is 1.49. The van der Waals surface area contributed by atoms with Gasteiger partial charge in [0, 0.05) is 5.56 Å². The number of benzene rings is 1. The Balaban J connectivity index is 2.25. The number of urea groups is 1. The van der Waals surface area contributed by atoms with Crippen molar-refractivity contribution in [1.29, 1.82) is 0 Å². The van der Waals surface area contributed by atoms with Gasteiger partial charge in [-0.15, -0.1) is 10.2 Å². The van der Waals surface area contributed by atoms with Crippen LogP contribution in [0.15, 0.2) is 50.9 Å². The monoisotopic (exact) mass is 301 g/mol. The van der Waals surface area contributed by atoms with Gasteiger partial charge in [-0.2, -0.15) is 5.10 Å². The zero-order valence-corrected chi connectivity index (χ0v) is 12.2. The number of para-hydroxylation sites is 1. The molecular weight excluding hydrogens is 286 g/mol. The summed E-state index contributed by atoms with van der Waals surface area (Å²) in [7, 11) is 1.56. The van der Waals surface area contributed by atoms with Crippen LogP contribution in [0.4, 0.5) is 4.79 Å². The van der Waals surface area contributed by atoms with Crippen molar-refractivity contribution < 1.29 is 14.3 Å². The normalized spacial score (nSPS) is 16.2. The number of nitrogens with one attached hydrogen (secondary N) is 1. The van der Waals surface area contributed by atoms with Gasteiger partial charge in [-0.1, -0.05) is 17.8 Å². The lowest BCUT2D eigenvalue weighted by atomic mass is 10.2.